The molecule has 3 nitrogen and oxygen atoms in total. The first-order chi connectivity index (χ1) is 7.66. The first kappa shape index (κ1) is 10.9. The highest BCUT2D eigenvalue weighted by Gasteiger charge is 2.05. The third-order valence-corrected chi connectivity index (χ3v) is 2.76. The average molecular weight is 234 g/mol. The summed E-state index contributed by atoms with van der Waals surface area (Å²) in [5.74, 6) is 0.575. The Labute approximate surface area is 99.5 Å². The van der Waals surface area contributed by atoms with Crippen LogP contribution in [0.5, 0.6) is 0 Å². The second kappa shape index (κ2) is 4.49. The Morgan fingerprint density at radius 3 is 2.12 bits per heavy atom. The fourth-order valence-corrected chi connectivity index (χ4v) is 1.49. The highest BCUT2D eigenvalue weighted by atomic mass is 35.5. The van der Waals surface area contributed by atoms with E-state index in [0.717, 1.165) is 17.1 Å². The highest BCUT2D eigenvalue weighted by Crippen LogP contribution is 2.20. The summed E-state index contributed by atoms with van der Waals surface area (Å²) in [6, 6.07) is 9.80. The van der Waals surface area contributed by atoms with E-state index in [1.807, 2.05) is 44.2 Å². The van der Waals surface area contributed by atoms with Crippen molar-refractivity contribution in [2.45, 2.75) is 13.8 Å². The van der Waals surface area contributed by atoms with Gasteiger partial charge in [0.1, 0.15) is 0 Å². The van der Waals surface area contributed by atoms with Gasteiger partial charge in [0.2, 0.25) is 5.95 Å². The summed E-state index contributed by atoms with van der Waals surface area (Å²) >= 11 is 6.00. The lowest BCUT2D eigenvalue weighted by molar-refractivity contribution is 1.06. The molecule has 16 heavy (non-hydrogen) atoms. The molecule has 0 atom stereocenters. The minimum atomic E-state index is 0.575. The maximum absolute atomic E-state index is 6.00. The second-order valence-electron chi connectivity index (χ2n) is 3.52. The molecule has 1 aromatic heterocycles. The fraction of sp³-hybridized carbons (Fsp3) is 0.167. The lowest BCUT2D eigenvalue weighted by Crippen LogP contribution is -2.00. The van der Waals surface area contributed by atoms with Gasteiger partial charge in [-0.2, -0.15) is 0 Å². The smallest absolute Gasteiger partial charge is 0.227 e. The van der Waals surface area contributed by atoms with Gasteiger partial charge in [0.05, 0.1) is 16.4 Å². The number of nitrogens with zero attached hydrogens (tertiary/aromatic N) is 2. The van der Waals surface area contributed by atoms with E-state index in [4.69, 9.17) is 11.6 Å². The van der Waals surface area contributed by atoms with E-state index >= 15 is 0 Å². The number of nitrogens with one attached hydrogen (secondary N) is 1. The van der Waals surface area contributed by atoms with Crippen molar-refractivity contribution in [3.63, 3.8) is 0 Å². The van der Waals surface area contributed by atoms with E-state index in [1.165, 1.54) is 0 Å². The van der Waals surface area contributed by atoms with Crippen molar-refractivity contribution in [3.8, 4) is 0 Å². The molecule has 0 aliphatic rings. The van der Waals surface area contributed by atoms with Gasteiger partial charge < -0.3 is 5.32 Å². The maximum atomic E-state index is 6.00. The molecule has 0 aliphatic heterocycles. The Hall–Kier alpha value is -1.61. The van der Waals surface area contributed by atoms with Crippen LogP contribution in [0.4, 0.5) is 11.6 Å². The van der Waals surface area contributed by atoms with Gasteiger partial charge in [-0.05, 0) is 26.0 Å². The summed E-state index contributed by atoms with van der Waals surface area (Å²) in [5.41, 5.74) is 2.53. The molecular formula is C12H12ClN3. The molecule has 1 heterocycles. The van der Waals surface area contributed by atoms with Gasteiger partial charge >= 0.3 is 0 Å². The van der Waals surface area contributed by atoms with Crippen LogP contribution in [0.25, 0.3) is 0 Å². The summed E-state index contributed by atoms with van der Waals surface area (Å²) in [5, 5.41) is 3.76. The van der Waals surface area contributed by atoms with Crippen LogP contribution >= 0.6 is 11.6 Å². The molecule has 0 unspecified atom stereocenters. The topological polar surface area (TPSA) is 37.8 Å². The van der Waals surface area contributed by atoms with Crippen molar-refractivity contribution >= 4 is 23.2 Å². The van der Waals surface area contributed by atoms with Crippen LogP contribution in [0.1, 0.15) is 11.4 Å². The zero-order valence-corrected chi connectivity index (χ0v) is 9.92. The average Bonchev–Trinajstić information content (AvgIpc) is 2.27. The number of halogens is 1. The minimum absolute atomic E-state index is 0.575. The van der Waals surface area contributed by atoms with Crippen molar-refractivity contribution in [2.75, 3.05) is 5.32 Å². The van der Waals surface area contributed by atoms with Crippen molar-refractivity contribution in [1.29, 1.82) is 0 Å². The molecule has 1 N–H and O–H groups in total. The standard InChI is InChI=1S/C12H12ClN3/c1-8-11(13)9(2)15-12(14-8)16-10-6-4-3-5-7-10/h3-7H,1-2H3,(H,14,15,16). The zero-order chi connectivity index (χ0) is 11.5. The summed E-state index contributed by atoms with van der Waals surface area (Å²) in [6.07, 6.45) is 0. The molecule has 0 fully saturated rings. The third-order valence-electron chi connectivity index (χ3n) is 2.21. The van der Waals surface area contributed by atoms with Crippen LogP contribution in [0.3, 0.4) is 0 Å². The molecule has 0 spiro atoms. The van der Waals surface area contributed by atoms with Gasteiger partial charge in [-0.25, -0.2) is 9.97 Å². The lowest BCUT2D eigenvalue weighted by atomic mass is 10.3. The molecule has 82 valence electrons. The van der Waals surface area contributed by atoms with E-state index in [0.29, 0.717) is 11.0 Å². The van der Waals surface area contributed by atoms with Gasteiger partial charge in [0.15, 0.2) is 0 Å². The van der Waals surface area contributed by atoms with E-state index in [-0.39, 0.29) is 0 Å². The highest BCUT2D eigenvalue weighted by molar-refractivity contribution is 6.31. The molecule has 4 heteroatoms. The molecule has 0 saturated heterocycles. The molecule has 2 aromatic rings. The predicted molar refractivity (Wildman–Crippen MR) is 66.2 cm³/mol. The van der Waals surface area contributed by atoms with Crippen LogP contribution in [0.15, 0.2) is 30.3 Å². The Kier molecular flexibility index (Phi) is 3.06. The number of aromatic nitrogens is 2. The van der Waals surface area contributed by atoms with Crippen molar-refractivity contribution in [3.05, 3.63) is 46.7 Å². The van der Waals surface area contributed by atoms with Crippen molar-refractivity contribution in [2.24, 2.45) is 0 Å². The number of para-hydroxylation sites is 1. The van der Waals surface area contributed by atoms with Gasteiger partial charge in [-0.3, -0.25) is 0 Å². The molecule has 0 saturated carbocycles. The molecule has 0 aliphatic carbocycles. The van der Waals surface area contributed by atoms with Crippen molar-refractivity contribution in [1.82, 2.24) is 9.97 Å². The molecular weight excluding hydrogens is 222 g/mol. The molecule has 0 bridgehead atoms. The van der Waals surface area contributed by atoms with Crippen molar-refractivity contribution < 1.29 is 0 Å². The summed E-state index contributed by atoms with van der Waals surface area (Å²) in [4.78, 5) is 8.55. The van der Waals surface area contributed by atoms with E-state index in [1.54, 1.807) is 0 Å². The summed E-state index contributed by atoms with van der Waals surface area (Å²) in [6.45, 7) is 3.74. The monoisotopic (exact) mass is 233 g/mol. The Balaban J connectivity index is 2.29. The fourth-order valence-electron chi connectivity index (χ4n) is 1.41. The number of benzene rings is 1. The van der Waals surface area contributed by atoms with Gasteiger partial charge in [0, 0.05) is 5.69 Å². The number of aryl methyl sites for hydroxylation is 2. The Morgan fingerprint density at radius 2 is 1.56 bits per heavy atom. The van der Waals surface area contributed by atoms with Crippen LogP contribution in [-0.2, 0) is 0 Å². The molecule has 1 aromatic carbocycles. The van der Waals surface area contributed by atoms with Gasteiger partial charge in [0.25, 0.3) is 0 Å². The van der Waals surface area contributed by atoms with Crippen LogP contribution in [-0.4, -0.2) is 9.97 Å². The number of anilines is 2. The van der Waals surface area contributed by atoms with Crippen LogP contribution in [0.2, 0.25) is 5.02 Å². The summed E-state index contributed by atoms with van der Waals surface area (Å²) < 4.78 is 0. The van der Waals surface area contributed by atoms with E-state index in [2.05, 4.69) is 15.3 Å². The van der Waals surface area contributed by atoms with Gasteiger partial charge in [-0.1, -0.05) is 29.8 Å². The Morgan fingerprint density at radius 1 is 1.00 bits per heavy atom. The molecule has 0 radical (unpaired) electrons. The largest absolute Gasteiger partial charge is 0.324 e. The number of hydrogen-bond acceptors (Lipinski definition) is 3. The quantitative estimate of drug-likeness (QED) is 0.863. The Bertz CT molecular complexity index is 474. The van der Waals surface area contributed by atoms with Crippen LogP contribution in [0, 0.1) is 13.8 Å². The number of rotatable bonds is 2. The third kappa shape index (κ3) is 2.31. The normalized spacial score (nSPS) is 10.2. The zero-order valence-electron chi connectivity index (χ0n) is 9.16. The maximum Gasteiger partial charge on any atom is 0.227 e. The first-order valence-corrected chi connectivity index (χ1v) is 5.37. The van der Waals surface area contributed by atoms with E-state index in [9.17, 15) is 0 Å². The van der Waals surface area contributed by atoms with Crippen LogP contribution < -0.4 is 5.32 Å². The predicted octanol–water partition coefficient (Wildman–Crippen LogP) is 3.49. The minimum Gasteiger partial charge on any atom is -0.324 e. The SMILES string of the molecule is Cc1nc(Nc2ccccc2)nc(C)c1Cl. The van der Waals surface area contributed by atoms with Gasteiger partial charge in [-0.15, -0.1) is 0 Å². The molecule has 2 rings (SSSR count). The molecule has 0 amide bonds. The second-order valence-corrected chi connectivity index (χ2v) is 3.90. The summed E-state index contributed by atoms with van der Waals surface area (Å²) in [7, 11) is 0. The lowest BCUT2D eigenvalue weighted by Gasteiger charge is -2.07. The van der Waals surface area contributed by atoms with E-state index < -0.39 is 0 Å². The number of hydrogen-bond donors (Lipinski definition) is 1. The first-order valence-electron chi connectivity index (χ1n) is 4.99.